The maximum absolute atomic E-state index is 12.1. The van der Waals surface area contributed by atoms with E-state index >= 15 is 0 Å². The third kappa shape index (κ3) is 1.65. The lowest BCUT2D eigenvalue weighted by atomic mass is 9.67. The highest BCUT2D eigenvalue weighted by molar-refractivity contribution is 7.80. The van der Waals surface area contributed by atoms with Gasteiger partial charge < -0.3 is 9.64 Å². The van der Waals surface area contributed by atoms with E-state index in [-0.39, 0.29) is 12.0 Å². The number of carbonyl (C=O) groups excluding carboxylic acids is 1. The number of nitrogens with zero attached hydrogens (tertiary/aromatic N) is 1. The first-order valence-electron chi connectivity index (χ1n) is 8.32. The summed E-state index contributed by atoms with van der Waals surface area (Å²) in [4.78, 5) is 15.7. The molecule has 3 nitrogen and oxygen atoms in total. The third-order valence-corrected chi connectivity index (χ3v) is 6.64. The minimum absolute atomic E-state index is 0.123. The van der Waals surface area contributed by atoms with Crippen LogP contribution < -0.4 is 0 Å². The second-order valence-corrected chi connectivity index (χ2v) is 7.57. The predicted octanol–water partition coefficient (Wildman–Crippen LogP) is 3.23. The van der Waals surface area contributed by atoms with Crippen molar-refractivity contribution in [2.24, 2.45) is 11.8 Å². The van der Waals surface area contributed by atoms with Crippen LogP contribution in [0.2, 0.25) is 0 Å². The quantitative estimate of drug-likeness (QED) is 0.549. The molecular formula is C17H23NO2S. The number of esters is 1. The molecular weight excluding hydrogens is 282 g/mol. The van der Waals surface area contributed by atoms with E-state index in [0.29, 0.717) is 17.9 Å². The summed E-state index contributed by atoms with van der Waals surface area (Å²) in [5.41, 5.74) is 0.366. The summed E-state index contributed by atoms with van der Waals surface area (Å²) in [6, 6.07) is 0.865. The molecule has 21 heavy (non-hydrogen) atoms. The second kappa shape index (κ2) is 4.55. The Morgan fingerprint density at radius 2 is 2.24 bits per heavy atom. The lowest BCUT2D eigenvalue weighted by molar-refractivity contribution is -0.165. The normalized spacial score (nSPS) is 44.9. The first-order valence-corrected chi connectivity index (χ1v) is 8.73. The van der Waals surface area contributed by atoms with Gasteiger partial charge in [-0.25, -0.2) is 4.79 Å². The van der Waals surface area contributed by atoms with E-state index in [4.69, 9.17) is 17.0 Å². The summed E-state index contributed by atoms with van der Waals surface area (Å²) in [6.07, 6.45) is 8.97. The van der Waals surface area contributed by atoms with Gasteiger partial charge in [0.1, 0.15) is 0 Å². The van der Waals surface area contributed by atoms with E-state index < -0.39 is 5.60 Å². The van der Waals surface area contributed by atoms with E-state index in [9.17, 15) is 4.79 Å². The van der Waals surface area contributed by atoms with E-state index in [1.54, 1.807) is 0 Å². The molecule has 0 aromatic carbocycles. The largest absolute Gasteiger partial charge is 0.449 e. The zero-order valence-corrected chi connectivity index (χ0v) is 13.6. The smallest absolute Gasteiger partial charge is 0.334 e. The van der Waals surface area contributed by atoms with Gasteiger partial charge in [-0.05, 0) is 57.4 Å². The van der Waals surface area contributed by atoms with E-state index in [1.807, 2.05) is 6.92 Å². The summed E-state index contributed by atoms with van der Waals surface area (Å²) in [6.45, 7) is 4.14. The van der Waals surface area contributed by atoms with Crippen molar-refractivity contribution >= 4 is 23.2 Å². The van der Waals surface area contributed by atoms with Crippen molar-refractivity contribution in [2.45, 2.75) is 70.1 Å². The van der Waals surface area contributed by atoms with Crippen molar-refractivity contribution in [1.29, 1.82) is 0 Å². The number of hydrogen-bond acceptors (Lipinski definition) is 3. The van der Waals surface area contributed by atoms with Crippen LogP contribution >= 0.6 is 12.2 Å². The molecule has 0 saturated carbocycles. The fourth-order valence-corrected chi connectivity index (χ4v) is 5.97. The number of hydrogen-bond donors (Lipinski definition) is 0. The second-order valence-electron chi connectivity index (χ2n) is 7.10. The summed E-state index contributed by atoms with van der Waals surface area (Å²) < 4.78 is 6.04. The van der Waals surface area contributed by atoms with Crippen molar-refractivity contribution < 1.29 is 9.53 Å². The van der Waals surface area contributed by atoms with Crippen molar-refractivity contribution in [3.63, 3.8) is 0 Å². The molecule has 1 spiro atoms. The highest BCUT2D eigenvalue weighted by Gasteiger charge is 2.64. The van der Waals surface area contributed by atoms with Crippen LogP contribution in [0.3, 0.4) is 0 Å². The van der Waals surface area contributed by atoms with Crippen LogP contribution in [0.1, 0.15) is 52.4 Å². The number of carbonyl (C=O) groups is 1. The lowest BCUT2D eigenvalue weighted by Crippen LogP contribution is -2.64. The van der Waals surface area contributed by atoms with Gasteiger partial charge in [-0.2, -0.15) is 0 Å². The first kappa shape index (κ1) is 13.7. The van der Waals surface area contributed by atoms with E-state index in [0.717, 1.165) is 29.8 Å². The minimum atomic E-state index is -0.415. The molecule has 4 rings (SSSR count). The molecule has 3 saturated heterocycles. The zero-order chi connectivity index (χ0) is 14.8. The molecule has 4 aliphatic heterocycles. The molecule has 0 radical (unpaired) electrons. The molecule has 0 N–H and O–H groups in total. The Balaban J connectivity index is 1.86. The highest BCUT2D eigenvalue weighted by atomic mass is 32.1. The van der Waals surface area contributed by atoms with Crippen LogP contribution in [0, 0.1) is 11.8 Å². The first-order chi connectivity index (χ1) is 10.1. The Morgan fingerprint density at radius 1 is 1.43 bits per heavy atom. The van der Waals surface area contributed by atoms with E-state index in [1.165, 1.54) is 19.3 Å². The molecule has 5 atom stereocenters. The summed E-state index contributed by atoms with van der Waals surface area (Å²) in [5, 5.41) is 0. The Kier molecular flexibility index (Phi) is 2.97. The average molecular weight is 305 g/mol. The third-order valence-electron chi connectivity index (χ3n) is 6.23. The number of piperidine rings is 1. The van der Waals surface area contributed by atoms with Crippen LogP contribution in [-0.4, -0.2) is 33.5 Å². The van der Waals surface area contributed by atoms with Gasteiger partial charge in [-0.1, -0.05) is 19.1 Å². The maximum atomic E-state index is 12.1. The van der Waals surface area contributed by atoms with Gasteiger partial charge >= 0.3 is 5.97 Å². The molecule has 0 amide bonds. The Bertz CT molecular complexity index is 543. The summed E-state index contributed by atoms with van der Waals surface area (Å²) in [7, 11) is 0. The van der Waals surface area contributed by atoms with Gasteiger partial charge in [0.05, 0.1) is 11.0 Å². The van der Waals surface area contributed by atoms with E-state index in [2.05, 4.69) is 17.9 Å². The fraction of sp³-hybridized carbons (Fsp3) is 0.765. The van der Waals surface area contributed by atoms with Crippen LogP contribution in [-0.2, 0) is 9.53 Å². The van der Waals surface area contributed by atoms with Crippen molar-refractivity contribution in [1.82, 2.24) is 4.90 Å². The Morgan fingerprint density at radius 3 is 2.90 bits per heavy atom. The van der Waals surface area contributed by atoms with Gasteiger partial charge in [0.15, 0.2) is 5.60 Å². The topological polar surface area (TPSA) is 29.5 Å². The number of rotatable bonds is 1. The SMILES string of the molecule is CC[C@H]1[C@H]2CCCC(=S)N3[C@H]2CC[C@@H]3[C@@]12C=C(C)C(=O)O2. The van der Waals surface area contributed by atoms with Gasteiger partial charge in [0, 0.05) is 17.5 Å². The maximum Gasteiger partial charge on any atom is 0.334 e. The molecule has 0 aromatic rings. The zero-order valence-electron chi connectivity index (χ0n) is 12.8. The summed E-state index contributed by atoms with van der Waals surface area (Å²) in [5.74, 6) is 0.945. The number of ether oxygens (including phenoxy) is 1. The molecule has 4 aliphatic rings. The predicted molar refractivity (Wildman–Crippen MR) is 84.9 cm³/mol. The fourth-order valence-electron chi connectivity index (χ4n) is 5.56. The molecule has 4 bridgehead atoms. The average Bonchev–Trinajstić information content (AvgIpc) is 2.93. The molecule has 0 aliphatic carbocycles. The molecule has 114 valence electrons. The van der Waals surface area contributed by atoms with Gasteiger partial charge in [0.2, 0.25) is 0 Å². The lowest BCUT2D eigenvalue weighted by Gasteiger charge is -2.53. The van der Waals surface area contributed by atoms with Crippen LogP contribution in [0.15, 0.2) is 11.6 Å². The molecule has 0 aromatic heterocycles. The molecule has 3 fully saturated rings. The van der Waals surface area contributed by atoms with Crippen molar-refractivity contribution in [2.75, 3.05) is 0 Å². The van der Waals surface area contributed by atoms with Crippen molar-refractivity contribution in [3.05, 3.63) is 11.6 Å². The molecule has 4 heteroatoms. The Labute approximate surface area is 131 Å². The minimum Gasteiger partial charge on any atom is -0.449 e. The van der Waals surface area contributed by atoms with Gasteiger partial charge in [-0.15, -0.1) is 0 Å². The van der Waals surface area contributed by atoms with Crippen LogP contribution in [0.5, 0.6) is 0 Å². The van der Waals surface area contributed by atoms with Gasteiger partial charge in [0.25, 0.3) is 0 Å². The molecule has 4 heterocycles. The monoisotopic (exact) mass is 305 g/mol. The standard InChI is InChI=1S/C17H23NO2S/c1-3-12-11-5-4-6-15(21)18-13(11)7-8-14(18)17(12)9-10(2)16(19)20-17/h9,11-14H,3-8H2,1-2H3/t11-,12+,13+,14-,17-/m1/s1. The highest BCUT2D eigenvalue weighted by Crippen LogP contribution is 2.56. The van der Waals surface area contributed by atoms with Crippen LogP contribution in [0.25, 0.3) is 0 Å². The number of fused-ring (bicyclic) bond motifs is 1. The number of thiocarbonyl (C=S) groups is 1. The van der Waals surface area contributed by atoms with Gasteiger partial charge in [-0.3, -0.25) is 0 Å². The van der Waals surface area contributed by atoms with Crippen LogP contribution in [0.4, 0.5) is 0 Å². The molecule has 0 unspecified atom stereocenters. The van der Waals surface area contributed by atoms with Crippen molar-refractivity contribution in [3.8, 4) is 0 Å². The Hall–Kier alpha value is -0.900. The summed E-state index contributed by atoms with van der Waals surface area (Å²) >= 11 is 5.71.